The zero-order valence-corrected chi connectivity index (χ0v) is 12.2. The van der Waals surface area contributed by atoms with Gasteiger partial charge in [-0.2, -0.15) is 0 Å². The highest BCUT2D eigenvalue weighted by Crippen LogP contribution is 2.18. The Balaban J connectivity index is 1.85. The Labute approximate surface area is 124 Å². The third-order valence-electron chi connectivity index (χ3n) is 3.30. The quantitative estimate of drug-likeness (QED) is 0.706. The number of hydrogen-bond donors (Lipinski definition) is 0. The lowest BCUT2D eigenvalue weighted by Crippen LogP contribution is -2.06. The van der Waals surface area contributed by atoms with Gasteiger partial charge < -0.3 is 4.74 Å². The first-order chi connectivity index (χ1) is 9.69. The van der Waals surface area contributed by atoms with E-state index >= 15 is 0 Å². The van der Waals surface area contributed by atoms with E-state index in [9.17, 15) is 4.39 Å². The molecule has 0 radical (unpaired) electrons. The maximum Gasteiger partial charge on any atom is 0.126 e. The molecule has 0 spiro atoms. The van der Waals surface area contributed by atoms with Gasteiger partial charge >= 0.3 is 0 Å². The van der Waals surface area contributed by atoms with Crippen LogP contribution in [0.15, 0.2) is 48.5 Å². The molecule has 0 bridgehead atoms. The number of benzene rings is 2. The molecule has 0 aromatic heterocycles. The Bertz CT molecular complexity index is 539. The number of methoxy groups -OCH3 is 1. The highest BCUT2D eigenvalue weighted by molar-refractivity contribution is 6.20. The molecule has 0 saturated heterocycles. The lowest BCUT2D eigenvalue weighted by atomic mass is 10.0. The van der Waals surface area contributed by atoms with Crippen LogP contribution in [-0.4, -0.2) is 12.5 Å². The summed E-state index contributed by atoms with van der Waals surface area (Å²) in [6.07, 6.45) is 2.26. The maximum atomic E-state index is 13.5. The predicted octanol–water partition coefficient (Wildman–Crippen LogP) is 4.62. The van der Waals surface area contributed by atoms with Crippen LogP contribution in [0.25, 0.3) is 0 Å². The summed E-state index contributed by atoms with van der Waals surface area (Å²) in [5.74, 6) is 0.671. The van der Waals surface area contributed by atoms with Crippen molar-refractivity contribution in [3.8, 4) is 5.75 Å². The molecule has 1 nitrogen and oxygen atoms in total. The van der Waals surface area contributed by atoms with E-state index in [1.165, 1.54) is 11.6 Å². The molecule has 2 rings (SSSR count). The number of ether oxygens (including phenoxy) is 1. The molecule has 0 fully saturated rings. The van der Waals surface area contributed by atoms with Crippen molar-refractivity contribution in [2.24, 2.45) is 0 Å². The Morgan fingerprint density at radius 3 is 2.45 bits per heavy atom. The first kappa shape index (κ1) is 14.9. The average Bonchev–Trinajstić information content (AvgIpc) is 2.48. The SMILES string of the molecule is COc1ccc(CCC(Cl)Cc2ccccc2F)cc1. The van der Waals surface area contributed by atoms with E-state index in [-0.39, 0.29) is 11.2 Å². The second kappa shape index (κ2) is 7.30. The van der Waals surface area contributed by atoms with Gasteiger partial charge in [0, 0.05) is 5.38 Å². The summed E-state index contributed by atoms with van der Waals surface area (Å²) in [5, 5.41) is -0.0611. The van der Waals surface area contributed by atoms with Crippen LogP contribution in [0, 0.1) is 5.82 Å². The molecule has 0 aliphatic rings. The van der Waals surface area contributed by atoms with Crippen LogP contribution in [-0.2, 0) is 12.8 Å². The van der Waals surface area contributed by atoms with Crippen LogP contribution in [0.3, 0.4) is 0 Å². The van der Waals surface area contributed by atoms with Gasteiger partial charge in [0.15, 0.2) is 0 Å². The van der Waals surface area contributed by atoms with Crippen LogP contribution in [0.5, 0.6) is 5.75 Å². The molecule has 0 aliphatic carbocycles. The molecule has 20 heavy (non-hydrogen) atoms. The molecule has 0 amide bonds. The van der Waals surface area contributed by atoms with E-state index in [4.69, 9.17) is 16.3 Å². The minimum atomic E-state index is -0.178. The third kappa shape index (κ3) is 4.24. The largest absolute Gasteiger partial charge is 0.497 e. The Kier molecular flexibility index (Phi) is 5.42. The fourth-order valence-electron chi connectivity index (χ4n) is 2.12. The summed E-state index contributed by atoms with van der Waals surface area (Å²) < 4.78 is 18.6. The zero-order chi connectivity index (χ0) is 14.4. The lowest BCUT2D eigenvalue weighted by molar-refractivity contribution is 0.414. The number of rotatable bonds is 6. The summed E-state index contributed by atoms with van der Waals surface area (Å²) >= 11 is 6.30. The second-order valence-corrected chi connectivity index (χ2v) is 5.40. The molecule has 0 aliphatic heterocycles. The summed E-state index contributed by atoms with van der Waals surface area (Å²) in [6.45, 7) is 0. The van der Waals surface area contributed by atoms with E-state index in [0.29, 0.717) is 12.0 Å². The summed E-state index contributed by atoms with van der Waals surface area (Å²) in [7, 11) is 1.65. The van der Waals surface area contributed by atoms with Crippen LogP contribution >= 0.6 is 11.6 Å². The van der Waals surface area contributed by atoms with Crippen LogP contribution < -0.4 is 4.74 Å². The van der Waals surface area contributed by atoms with Crippen molar-refractivity contribution in [2.75, 3.05) is 7.11 Å². The minimum Gasteiger partial charge on any atom is -0.497 e. The zero-order valence-electron chi connectivity index (χ0n) is 11.5. The highest BCUT2D eigenvalue weighted by Gasteiger charge is 2.09. The maximum absolute atomic E-state index is 13.5. The standard InChI is InChI=1S/C17H18ClFO/c1-20-16-10-7-13(8-11-16)6-9-15(18)12-14-4-2-3-5-17(14)19/h2-5,7-8,10-11,15H,6,9,12H2,1H3. The van der Waals surface area contributed by atoms with E-state index in [1.807, 2.05) is 30.3 Å². The molecule has 0 saturated carbocycles. The van der Waals surface area contributed by atoms with Crippen LogP contribution in [0.4, 0.5) is 4.39 Å². The second-order valence-electron chi connectivity index (χ2n) is 4.78. The van der Waals surface area contributed by atoms with E-state index < -0.39 is 0 Å². The van der Waals surface area contributed by atoms with E-state index in [0.717, 1.165) is 18.6 Å². The monoisotopic (exact) mass is 292 g/mol. The van der Waals surface area contributed by atoms with E-state index in [1.54, 1.807) is 19.2 Å². The molecule has 1 atom stereocenters. The van der Waals surface area contributed by atoms with Crippen LogP contribution in [0.1, 0.15) is 17.5 Å². The molecule has 3 heteroatoms. The topological polar surface area (TPSA) is 9.23 Å². The van der Waals surface area contributed by atoms with Gasteiger partial charge in [-0.25, -0.2) is 4.39 Å². The smallest absolute Gasteiger partial charge is 0.126 e. The van der Waals surface area contributed by atoms with Gasteiger partial charge in [-0.15, -0.1) is 11.6 Å². The average molecular weight is 293 g/mol. The van der Waals surface area contributed by atoms with Crippen LogP contribution in [0.2, 0.25) is 0 Å². The van der Waals surface area contributed by atoms with Gasteiger partial charge in [-0.3, -0.25) is 0 Å². The molecule has 0 N–H and O–H groups in total. The Morgan fingerprint density at radius 2 is 1.80 bits per heavy atom. The first-order valence-electron chi connectivity index (χ1n) is 6.69. The fraction of sp³-hybridized carbons (Fsp3) is 0.294. The van der Waals surface area contributed by atoms with Crippen molar-refractivity contribution < 1.29 is 9.13 Å². The molecule has 0 heterocycles. The number of aryl methyl sites for hydroxylation is 1. The Hall–Kier alpha value is -1.54. The first-order valence-corrected chi connectivity index (χ1v) is 7.13. The van der Waals surface area contributed by atoms with Crippen molar-refractivity contribution in [1.82, 2.24) is 0 Å². The third-order valence-corrected chi connectivity index (χ3v) is 3.68. The number of hydrogen-bond acceptors (Lipinski definition) is 1. The normalized spacial score (nSPS) is 12.2. The van der Waals surface area contributed by atoms with Gasteiger partial charge in [-0.1, -0.05) is 30.3 Å². The van der Waals surface area contributed by atoms with Gasteiger partial charge in [0.05, 0.1) is 7.11 Å². The summed E-state index contributed by atoms with van der Waals surface area (Å²) in [5.41, 5.74) is 1.90. The van der Waals surface area contributed by atoms with Gasteiger partial charge in [0.1, 0.15) is 11.6 Å². The number of halogens is 2. The van der Waals surface area contributed by atoms with Crippen molar-refractivity contribution in [2.45, 2.75) is 24.6 Å². The lowest BCUT2D eigenvalue weighted by Gasteiger charge is -2.10. The fourth-order valence-corrected chi connectivity index (χ4v) is 2.40. The molecular weight excluding hydrogens is 275 g/mol. The summed E-state index contributed by atoms with van der Waals surface area (Å²) in [6, 6.07) is 14.7. The molecule has 106 valence electrons. The van der Waals surface area contributed by atoms with E-state index in [2.05, 4.69) is 0 Å². The van der Waals surface area contributed by atoms with Gasteiger partial charge in [-0.05, 0) is 48.6 Å². The minimum absolute atomic E-state index is 0.0611. The molecule has 1 unspecified atom stereocenters. The number of alkyl halides is 1. The van der Waals surface area contributed by atoms with Crippen molar-refractivity contribution in [1.29, 1.82) is 0 Å². The molecule has 2 aromatic rings. The van der Waals surface area contributed by atoms with Crippen molar-refractivity contribution >= 4 is 11.6 Å². The summed E-state index contributed by atoms with van der Waals surface area (Å²) in [4.78, 5) is 0. The molecular formula is C17H18ClFO. The van der Waals surface area contributed by atoms with Gasteiger partial charge in [0.25, 0.3) is 0 Å². The van der Waals surface area contributed by atoms with Crippen molar-refractivity contribution in [3.63, 3.8) is 0 Å². The van der Waals surface area contributed by atoms with Crippen molar-refractivity contribution in [3.05, 3.63) is 65.5 Å². The van der Waals surface area contributed by atoms with Gasteiger partial charge in [0.2, 0.25) is 0 Å². The highest BCUT2D eigenvalue weighted by atomic mass is 35.5. The Morgan fingerprint density at radius 1 is 1.10 bits per heavy atom. The molecule has 2 aromatic carbocycles. The predicted molar refractivity (Wildman–Crippen MR) is 81.1 cm³/mol.